The molecule has 1 aromatic carbocycles. The van der Waals surface area contributed by atoms with Crippen LogP contribution in [-0.4, -0.2) is 30.6 Å². The summed E-state index contributed by atoms with van der Waals surface area (Å²) in [5.41, 5.74) is 7.06. The average molecular weight is 270 g/mol. The van der Waals surface area contributed by atoms with E-state index < -0.39 is 0 Å². The van der Waals surface area contributed by atoms with Crippen molar-refractivity contribution in [1.82, 2.24) is 0 Å². The van der Waals surface area contributed by atoms with Crippen molar-refractivity contribution in [2.75, 3.05) is 24.6 Å². The Morgan fingerprint density at radius 3 is 2.72 bits per heavy atom. The summed E-state index contributed by atoms with van der Waals surface area (Å²) in [6, 6.07) is 5.32. The molecule has 1 aromatic rings. The van der Waals surface area contributed by atoms with E-state index in [0.717, 1.165) is 25.1 Å². The topological polar surface area (TPSA) is 73.3 Å². The van der Waals surface area contributed by atoms with E-state index in [0.29, 0.717) is 17.1 Å². The molecule has 4 nitrogen and oxygen atoms in total. The van der Waals surface area contributed by atoms with Crippen molar-refractivity contribution in [2.24, 2.45) is 5.73 Å². The molecule has 0 saturated carbocycles. The van der Waals surface area contributed by atoms with Gasteiger partial charge < -0.3 is 15.7 Å². The lowest BCUT2D eigenvalue weighted by Gasteiger charge is -2.26. The van der Waals surface area contributed by atoms with E-state index in [2.05, 4.69) is 6.92 Å². The number of nitrogens with two attached hydrogens (primary N) is 1. The van der Waals surface area contributed by atoms with Gasteiger partial charge in [0, 0.05) is 29.4 Å². The van der Waals surface area contributed by atoms with E-state index in [1.807, 2.05) is 11.0 Å². The zero-order valence-corrected chi connectivity index (χ0v) is 11.4. The van der Waals surface area contributed by atoms with Crippen molar-refractivity contribution in [2.45, 2.75) is 19.8 Å². The molecule has 100 valence electrons. The summed E-state index contributed by atoms with van der Waals surface area (Å²) >= 11 is 5.93. The van der Waals surface area contributed by atoms with Crippen LogP contribution < -0.4 is 10.6 Å². The Balaban J connectivity index is 3.05. The minimum atomic E-state index is -0.00746. The quantitative estimate of drug-likeness (QED) is 0.525. The van der Waals surface area contributed by atoms with Gasteiger partial charge >= 0.3 is 0 Å². The molecule has 0 aromatic heterocycles. The van der Waals surface area contributed by atoms with Gasteiger partial charge in [-0.05, 0) is 24.6 Å². The van der Waals surface area contributed by atoms with E-state index in [1.165, 1.54) is 0 Å². The fraction of sp³-hybridized carbons (Fsp3) is 0.462. The monoisotopic (exact) mass is 269 g/mol. The molecule has 0 spiro atoms. The molecule has 0 fully saturated rings. The number of rotatable bonds is 7. The third-order valence-corrected chi connectivity index (χ3v) is 2.98. The molecule has 4 N–H and O–H groups in total. The lowest BCUT2D eigenvalue weighted by Crippen LogP contribution is -2.30. The summed E-state index contributed by atoms with van der Waals surface area (Å²) in [6.45, 7) is 3.55. The number of hydrogen-bond acceptors (Lipinski definition) is 3. The molecule has 0 saturated heterocycles. The first-order chi connectivity index (χ1) is 8.60. The number of hydrogen-bond donors (Lipinski definition) is 3. The molecule has 0 heterocycles. The maximum absolute atomic E-state index is 9.13. The van der Waals surface area contributed by atoms with Crippen molar-refractivity contribution < 1.29 is 5.11 Å². The Hall–Kier alpha value is -1.26. The Labute approximate surface area is 113 Å². The molecular formula is C13H20ClN3O. The number of benzene rings is 1. The zero-order chi connectivity index (χ0) is 13.5. The van der Waals surface area contributed by atoms with Crippen LogP contribution in [0.25, 0.3) is 0 Å². The van der Waals surface area contributed by atoms with Crippen molar-refractivity contribution in [3.05, 3.63) is 28.8 Å². The maximum atomic E-state index is 9.13. The van der Waals surface area contributed by atoms with Crippen LogP contribution in [0.3, 0.4) is 0 Å². The predicted molar refractivity (Wildman–Crippen MR) is 76.7 cm³/mol. The van der Waals surface area contributed by atoms with Crippen LogP contribution in [0.4, 0.5) is 5.69 Å². The van der Waals surface area contributed by atoms with Gasteiger partial charge in [0.05, 0.1) is 6.61 Å². The van der Waals surface area contributed by atoms with E-state index in [-0.39, 0.29) is 12.4 Å². The summed E-state index contributed by atoms with van der Waals surface area (Å²) in [5, 5.41) is 17.3. The highest BCUT2D eigenvalue weighted by Crippen LogP contribution is 2.24. The van der Waals surface area contributed by atoms with Gasteiger partial charge in [0.25, 0.3) is 0 Å². The number of aliphatic hydroxyl groups excluding tert-OH is 1. The fourth-order valence-corrected chi connectivity index (χ4v) is 1.99. The van der Waals surface area contributed by atoms with Gasteiger partial charge in [-0.3, -0.25) is 5.41 Å². The summed E-state index contributed by atoms with van der Waals surface area (Å²) in [6.07, 6.45) is 2.10. The highest BCUT2D eigenvalue weighted by molar-refractivity contribution is 6.31. The van der Waals surface area contributed by atoms with E-state index in [9.17, 15) is 0 Å². The number of unbranched alkanes of at least 4 members (excludes halogenated alkanes) is 1. The highest BCUT2D eigenvalue weighted by atomic mass is 35.5. The number of nitrogen functional groups attached to an aromatic ring is 1. The van der Waals surface area contributed by atoms with Crippen molar-refractivity contribution in [3.63, 3.8) is 0 Å². The first kappa shape index (κ1) is 14.8. The Morgan fingerprint density at radius 1 is 1.44 bits per heavy atom. The van der Waals surface area contributed by atoms with Crippen LogP contribution in [0.1, 0.15) is 25.3 Å². The summed E-state index contributed by atoms with van der Waals surface area (Å²) in [7, 11) is 0. The third-order valence-electron chi connectivity index (χ3n) is 2.74. The van der Waals surface area contributed by atoms with Crippen LogP contribution in [0.5, 0.6) is 0 Å². The number of aliphatic hydroxyl groups is 1. The molecule has 0 radical (unpaired) electrons. The molecule has 0 aliphatic carbocycles. The van der Waals surface area contributed by atoms with Crippen LogP contribution in [-0.2, 0) is 0 Å². The second-order valence-corrected chi connectivity index (χ2v) is 4.58. The zero-order valence-electron chi connectivity index (χ0n) is 10.6. The van der Waals surface area contributed by atoms with Crippen LogP contribution in [0.2, 0.25) is 5.02 Å². The molecule has 0 amide bonds. The smallest absolute Gasteiger partial charge is 0.124 e. The molecule has 0 aliphatic rings. The Morgan fingerprint density at radius 2 is 2.17 bits per heavy atom. The molecule has 0 atom stereocenters. The van der Waals surface area contributed by atoms with E-state index >= 15 is 0 Å². The van der Waals surface area contributed by atoms with Gasteiger partial charge in [0.1, 0.15) is 5.84 Å². The van der Waals surface area contributed by atoms with Crippen LogP contribution in [0.15, 0.2) is 18.2 Å². The number of nitrogens with zero attached hydrogens (tertiary/aromatic N) is 1. The van der Waals surface area contributed by atoms with Crippen LogP contribution >= 0.6 is 11.6 Å². The fourth-order valence-electron chi connectivity index (χ4n) is 1.82. The number of anilines is 1. The van der Waals surface area contributed by atoms with Gasteiger partial charge in [-0.1, -0.05) is 24.9 Å². The standard InChI is InChI=1S/C13H20ClN3O/c1-2-3-6-17(7-8-18)12-5-4-10(14)9-11(12)13(15)16/h4-5,9,18H,2-3,6-8H2,1H3,(H3,15,16). The average Bonchev–Trinajstić information content (AvgIpc) is 2.34. The van der Waals surface area contributed by atoms with Crippen molar-refractivity contribution >= 4 is 23.1 Å². The van der Waals surface area contributed by atoms with Gasteiger partial charge in [0.15, 0.2) is 0 Å². The first-order valence-corrected chi connectivity index (χ1v) is 6.47. The number of amidine groups is 1. The van der Waals surface area contributed by atoms with Crippen LogP contribution in [0, 0.1) is 5.41 Å². The first-order valence-electron chi connectivity index (χ1n) is 6.10. The molecule has 1 rings (SSSR count). The minimum absolute atomic E-state index is 0.00746. The summed E-state index contributed by atoms with van der Waals surface area (Å²) in [5.74, 6) is -0.00746. The largest absolute Gasteiger partial charge is 0.395 e. The Bertz CT molecular complexity index is 409. The predicted octanol–water partition coefficient (Wildman–Crippen LogP) is 2.22. The summed E-state index contributed by atoms with van der Waals surface area (Å²) < 4.78 is 0. The molecule has 5 heteroatoms. The molecular weight excluding hydrogens is 250 g/mol. The number of halogens is 1. The van der Waals surface area contributed by atoms with Gasteiger partial charge in [-0.25, -0.2) is 0 Å². The second kappa shape index (κ2) is 7.24. The lowest BCUT2D eigenvalue weighted by atomic mass is 10.1. The van der Waals surface area contributed by atoms with Crippen molar-refractivity contribution in [1.29, 1.82) is 5.41 Å². The Kier molecular flexibility index (Phi) is 5.95. The van der Waals surface area contributed by atoms with Crippen molar-refractivity contribution in [3.8, 4) is 0 Å². The van der Waals surface area contributed by atoms with Gasteiger partial charge in [-0.2, -0.15) is 0 Å². The SMILES string of the molecule is CCCCN(CCO)c1ccc(Cl)cc1C(=N)N. The molecule has 18 heavy (non-hydrogen) atoms. The highest BCUT2D eigenvalue weighted by Gasteiger charge is 2.13. The second-order valence-electron chi connectivity index (χ2n) is 4.14. The number of nitrogens with one attached hydrogen (secondary N) is 1. The maximum Gasteiger partial charge on any atom is 0.124 e. The lowest BCUT2D eigenvalue weighted by molar-refractivity contribution is 0.301. The van der Waals surface area contributed by atoms with E-state index in [4.69, 9.17) is 27.9 Å². The van der Waals surface area contributed by atoms with Gasteiger partial charge in [-0.15, -0.1) is 0 Å². The molecule has 0 unspecified atom stereocenters. The summed E-state index contributed by atoms with van der Waals surface area (Å²) in [4.78, 5) is 2.04. The third kappa shape index (κ3) is 3.89. The molecule has 0 bridgehead atoms. The minimum Gasteiger partial charge on any atom is -0.395 e. The van der Waals surface area contributed by atoms with E-state index in [1.54, 1.807) is 12.1 Å². The molecule has 0 aliphatic heterocycles. The van der Waals surface area contributed by atoms with Gasteiger partial charge in [0.2, 0.25) is 0 Å². The normalized spacial score (nSPS) is 10.4.